The first-order chi connectivity index (χ1) is 11.0. The van der Waals surface area contributed by atoms with E-state index < -0.39 is 12.0 Å². The van der Waals surface area contributed by atoms with Gasteiger partial charge in [-0.2, -0.15) is 0 Å². The molecule has 0 radical (unpaired) electrons. The van der Waals surface area contributed by atoms with Gasteiger partial charge in [-0.1, -0.05) is 12.2 Å². The smallest absolute Gasteiger partial charge is 0.326 e. The zero-order chi connectivity index (χ0) is 17.2. The van der Waals surface area contributed by atoms with E-state index in [9.17, 15) is 9.59 Å². The molecule has 0 spiro atoms. The largest absolute Gasteiger partial charge is 0.497 e. The Morgan fingerprint density at radius 2 is 1.83 bits per heavy atom. The van der Waals surface area contributed by atoms with Crippen LogP contribution in [-0.4, -0.2) is 37.2 Å². The van der Waals surface area contributed by atoms with Gasteiger partial charge in [0, 0.05) is 12.5 Å². The molecule has 0 heterocycles. The van der Waals surface area contributed by atoms with E-state index >= 15 is 0 Å². The van der Waals surface area contributed by atoms with E-state index in [1.807, 2.05) is 12.1 Å². The van der Waals surface area contributed by atoms with Gasteiger partial charge in [0.15, 0.2) is 0 Å². The fourth-order valence-corrected chi connectivity index (χ4v) is 2.03. The molecule has 0 aliphatic rings. The summed E-state index contributed by atoms with van der Waals surface area (Å²) in [5.74, 6) is -0.0457. The van der Waals surface area contributed by atoms with Gasteiger partial charge in [0.25, 0.3) is 0 Å². The van der Waals surface area contributed by atoms with Crippen LogP contribution in [0.5, 0.6) is 11.5 Å². The molecule has 0 bridgehead atoms. The van der Waals surface area contributed by atoms with E-state index in [0.29, 0.717) is 17.9 Å². The molecule has 2 N–H and O–H groups in total. The van der Waals surface area contributed by atoms with Crippen molar-refractivity contribution >= 4 is 11.9 Å². The van der Waals surface area contributed by atoms with Crippen LogP contribution >= 0.6 is 0 Å². The molecule has 0 aliphatic carbocycles. The molecule has 0 saturated heterocycles. The van der Waals surface area contributed by atoms with Gasteiger partial charge in [-0.05, 0) is 37.5 Å². The third-order valence-electron chi connectivity index (χ3n) is 3.29. The van der Waals surface area contributed by atoms with Crippen molar-refractivity contribution in [1.82, 2.24) is 5.32 Å². The van der Waals surface area contributed by atoms with Crippen molar-refractivity contribution in [3.63, 3.8) is 0 Å². The summed E-state index contributed by atoms with van der Waals surface area (Å²) in [6.45, 7) is 1.80. The monoisotopic (exact) mass is 321 g/mol. The number of carbonyl (C=O) groups is 2. The second-order valence-electron chi connectivity index (χ2n) is 4.98. The van der Waals surface area contributed by atoms with Gasteiger partial charge in [-0.15, -0.1) is 0 Å². The van der Waals surface area contributed by atoms with Crippen LogP contribution < -0.4 is 14.8 Å². The Bertz CT molecular complexity index is 546. The number of aryl methyl sites for hydroxylation is 1. The maximum Gasteiger partial charge on any atom is 0.326 e. The first-order valence-electron chi connectivity index (χ1n) is 7.35. The Labute approximate surface area is 136 Å². The molecule has 1 unspecified atom stereocenters. The average Bonchev–Trinajstić information content (AvgIpc) is 2.55. The van der Waals surface area contributed by atoms with E-state index in [1.54, 1.807) is 39.4 Å². The third-order valence-corrected chi connectivity index (χ3v) is 3.29. The van der Waals surface area contributed by atoms with Crippen molar-refractivity contribution in [3.8, 4) is 11.5 Å². The molecule has 0 saturated carbocycles. The Hall–Kier alpha value is -2.50. The van der Waals surface area contributed by atoms with Gasteiger partial charge >= 0.3 is 5.97 Å². The maximum absolute atomic E-state index is 11.9. The number of aliphatic carboxylic acids is 1. The highest BCUT2D eigenvalue weighted by atomic mass is 16.5. The van der Waals surface area contributed by atoms with Gasteiger partial charge in [0.05, 0.1) is 14.2 Å². The molecule has 0 aliphatic heterocycles. The van der Waals surface area contributed by atoms with Crippen LogP contribution in [0.3, 0.4) is 0 Å². The van der Waals surface area contributed by atoms with Crippen molar-refractivity contribution in [2.45, 2.75) is 32.2 Å². The molecule has 1 amide bonds. The van der Waals surface area contributed by atoms with Crippen LogP contribution in [0.15, 0.2) is 30.4 Å². The normalized spacial score (nSPS) is 12.0. The molecule has 1 rings (SSSR count). The maximum atomic E-state index is 11.9. The molecule has 0 fully saturated rings. The lowest BCUT2D eigenvalue weighted by atomic mass is 10.1. The van der Waals surface area contributed by atoms with Crippen LogP contribution in [0.1, 0.15) is 25.3 Å². The molecule has 6 heteroatoms. The standard InChI is InChI=1S/C17H23NO5/c1-4-5-6-15(17(20)21)18-16(19)8-7-12-9-13(22-2)11-14(10-12)23-3/h4-5,9-11,15H,6-8H2,1-3H3,(H,18,19)(H,20,21)/b5-4+. The number of methoxy groups -OCH3 is 2. The summed E-state index contributed by atoms with van der Waals surface area (Å²) >= 11 is 0. The molecular weight excluding hydrogens is 298 g/mol. The van der Waals surface area contributed by atoms with Gasteiger partial charge < -0.3 is 19.9 Å². The van der Waals surface area contributed by atoms with E-state index in [0.717, 1.165) is 5.56 Å². The van der Waals surface area contributed by atoms with Gasteiger partial charge in [0.2, 0.25) is 5.91 Å². The SMILES string of the molecule is C/C=C/CC(NC(=O)CCc1cc(OC)cc(OC)c1)C(=O)O. The molecular formula is C17H23NO5. The number of nitrogens with one attached hydrogen (secondary N) is 1. The minimum Gasteiger partial charge on any atom is -0.497 e. The summed E-state index contributed by atoms with van der Waals surface area (Å²) < 4.78 is 10.4. The molecule has 1 atom stereocenters. The quantitative estimate of drug-likeness (QED) is 0.681. The number of carbonyl (C=O) groups excluding carboxylic acids is 1. The number of benzene rings is 1. The van der Waals surface area contributed by atoms with E-state index in [-0.39, 0.29) is 18.7 Å². The van der Waals surface area contributed by atoms with Crippen LogP contribution in [0.2, 0.25) is 0 Å². The fourth-order valence-electron chi connectivity index (χ4n) is 2.03. The Morgan fingerprint density at radius 3 is 2.30 bits per heavy atom. The van der Waals surface area contributed by atoms with Crippen LogP contribution in [0.25, 0.3) is 0 Å². The van der Waals surface area contributed by atoms with Crippen LogP contribution in [0, 0.1) is 0 Å². The molecule has 6 nitrogen and oxygen atoms in total. The Morgan fingerprint density at radius 1 is 1.22 bits per heavy atom. The molecule has 126 valence electrons. The highest BCUT2D eigenvalue weighted by Gasteiger charge is 2.18. The Balaban J connectivity index is 2.63. The second kappa shape index (κ2) is 9.50. The molecule has 1 aromatic carbocycles. The summed E-state index contributed by atoms with van der Waals surface area (Å²) in [6.07, 6.45) is 4.40. The number of allylic oxidation sites excluding steroid dienone is 1. The lowest BCUT2D eigenvalue weighted by molar-refractivity contribution is -0.141. The minimum absolute atomic E-state index is 0.190. The van der Waals surface area contributed by atoms with E-state index in [1.165, 1.54) is 0 Å². The highest BCUT2D eigenvalue weighted by molar-refractivity contribution is 5.83. The molecule has 0 aromatic heterocycles. The summed E-state index contributed by atoms with van der Waals surface area (Å²) in [5.41, 5.74) is 0.886. The van der Waals surface area contributed by atoms with Crippen LogP contribution in [-0.2, 0) is 16.0 Å². The number of hydrogen-bond donors (Lipinski definition) is 2. The number of carboxylic acid groups (broad SMARTS) is 1. The van der Waals surface area contributed by atoms with Crippen molar-refractivity contribution in [2.24, 2.45) is 0 Å². The van der Waals surface area contributed by atoms with Gasteiger partial charge in [-0.25, -0.2) is 4.79 Å². The number of ether oxygens (including phenoxy) is 2. The van der Waals surface area contributed by atoms with Crippen molar-refractivity contribution in [3.05, 3.63) is 35.9 Å². The first-order valence-corrected chi connectivity index (χ1v) is 7.35. The third kappa shape index (κ3) is 6.42. The molecule has 1 aromatic rings. The first kappa shape index (κ1) is 18.5. The predicted molar refractivity (Wildman–Crippen MR) is 86.9 cm³/mol. The van der Waals surface area contributed by atoms with Crippen LogP contribution in [0.4, 0.5) is 0 Å². The lowest BCUT2D eigenvalue weighted by Crippen LogP contribution is -2.40. The second-order valence-corrected chi connectivity index (χ2v) is 4.98. The number of carboxylic acids is 1. The van der Waals surface area contributed by atoms with Gasteiger partial charge in [0.1, 0.15) is 17.5 Å². The summed E-state index contributed by atoms with van der Waals surface area (Å²) in [5, 5.41) is 11.6. The fraction of sp³-hybridized carbons (Fsp3) is 0.412. The van der Waals surface area contributed by atoms with E-state index in [4.69, 9.17) is 14.6 Å². The summed E-state index contributed by atoms with van der Waals surface area (Å²) in [4.78, 5) is 23.0. The Kier molecular flexibility index (Phi) is 7.66. The number of rotatable bonds is 9. The minimum atomic E-state index is -1.04. The van der Waals surface area contributed by atoms with E-state index in [2.05, 4.69) is 5.32 Å². The van der Waals surface area contributed by atoms with Gasteiger partial charge in [-0.3, -0.25) is 4.79 Å². The van der Waals surface area contributed by atoms with Crippen molar-refractivity contribution in [1.29, 1.82) is 0 Å². The predicted octanol–water partition coefficient (Wildman–Crippen LogP) is 2.17. The van der Waals surface area contributed by atoms with Crippen molar-refractivity contribution in [2.75, 3.05) is 14.2 Å². The van der Waals surface area contributed by atoms with Crippen molar-refractivity contribution < 1.29 is 24.2 Å². The topological polar surface area (TPSA) is 84.9 Å². The number of amides is 1. The summed E-state index contributed by atoms with van der Waals surface area (Å²) in [6, 6.07) is 4.49. The summed E-state index contributed by atoms with van der Waals surface area (Å²) in [7, 11) is 3.12. The molecule has 23 heavy (non-hydrogen) atoms. The lowest BCUT2D eigenvalue weighted by Gasteiger charge is -2.13. The number of hydrogen-bond acceptors (Lipinski definition) is 4. The average molecular weight is 321 g/mol. The zero-order valence-electron chi connectivity index (χ0n) is 13.7. The highest BCUT2D eigenvalue weighted by Crippen LogP contribution is 2.23. The zero-order valence-corrected chi connectivity index (χ0v) is 13.7.